The van der Waals surface area contributed by atoms with Crippen molar-refractivity contribution in [2.45, 2.75) is 19.6 Å². The van der Waals surface area contributed by atoms with Crippen molar-refractivity contribution in [1.82, 2.24) is 0 Å². The highest BCUT2D eigenvalue weighted by Crippen LogP contribution is 2.17. The summed E-state index contributed by atoms with van der Waals surface area (Å²) >= 11 is 0. The second kappa shape index (κ2) is 4.26. The summed E-state index contributed by atoms with van der Waals surface area (Å²) in [5.74, 6) is 0. The molecule has 1 aromatic carbocycles. The van der Waals surface area contributed by atoms with Crippen molar-refractivity contribution in [3.63, 3.8) is 0 Å². The molecule has 0 aliphatic carbocycles. The van der Waals surface area contributed by atoms with Crippen LogP contribution in [0.2, 0.25) is 0 Å². The Hall–Kier alpha value is -1.32. The molecule has 0 aromatic heterocycles. The smallest absolute Gasteiger partial charge is 0.280 e. The Bertz CT molecular complexity index is 314. The van der Waals surface area contributed by atoms with Crippen LogP contribution in [0.5, 0.6) is 0 Å². The van der Waals surface area contributed by atoms with Crippen LogP contribution in [0.4, 0.5) is 13.2 Å². The van der Waals surface area contributed by atoms with Crippen molar-refractivity contribution in [2.24, 2.45) is 4.99 Å². The van der Waals surface area contributed by atoms with Gasteiger partial charge in [0.2, 0.25) is 0 Å². The molecule has 0 bridgehead atoms. The monoisotopic (exact) mass is 201 g/mol. The first-order chi connectivity index (χ1) is 6.50. The van der Waals surface area contributed by atoms with E-state index in [1.807, 2.05) is 6.07 Å². The van der Waals surface area contributed by atoms with E-state index in [4.69, 9.17) is 0 Å². The zero-order valence-electron chi connectivity index (χ0n) is 7.67. The van der Waals surface area contributed by atoms with Crippen LogP contribution in [0.25, 0.3) is 0 Å². The van der Waals surface area contributed by atoms with E-state index in [2.05, 4.69) is 4.99 Å². The SMILES string of the molecule is C/C(=N\Cc1ccccc1)C(F)(F)F. The first-order valence-corrected chi connectivity index (χ1v) is 4.12. The molecule has 0 saturated carbocycles. The minimum atomic E-state index is -4.31. The van der Waals surface area contributed by atoms with Gasteiger partial charge in [0.25, 0.3) is 0 Å². The summed E-state index contributed by atoms with van der Waals surface area (Å²) in [6, 6.07) is 8.84. The van der Waals surface area contributed by atoms with E-state index in [-0.39, 0.29) is 6.54 Å². The van der Waals surface area contributed by atoms with Gasteiger partial charge in [0.05, 0.1) is 6.54 Å². The average molecular weight is 201 g/mol. The van der Waals surface area contributed by atoms with Crippen molar-refractivity contribution in [2.75, 3.05) is 0 Å². The lowest BCUT2D eigenvalue weighted by Crippen LogP contribution is -2.19. The van der Waals surface area contributed by atoms with Crippen LogP contribution in [0.15, 0.2) is 35.3 Å². The number of benzene rings is 1. The normalized spacial score (nSPS) is 13.0. The number of hydrogen-bond acceptors (Lipinski definition) is 1. The molecule has 0 aliphatic heterocycles. The second-order valence-electron chi connectivity index (χ2n) is 2.88. The summed E-state index contributed by atoms with van der Waals surface area (Å²) in [4.78, 5) is 3.46. The van der Waals surface area contributed by atoms with E-state index in [9.17, 15) is 13.2 Å². The number of nitrogens with zero attached hydrogens (tertiary/aromatic N) is 1. The van der Waals surface area contributed by atoms with Gasteiger partial charge in [-0.1, -0.05) is 30.3 Å². The molecule has 14 heavy (non-hydrogen) atoms. The highest BCUT2D eigenvalue weighted by Gasteiger charge is 2.31. The van der Waals surface area contributed by atoms with Crippen LogP contribution < -0.4 is 0 Å². The lowest BCUT2D eigenvalue weighted by Gasteiger charge is -2.04. The van der Waals surface area contributed by atoms with Crippen LogP contribution in [0, 0.1) is 0 Å². The second-order valence-corrected chi connectivity index (χ2v) is 2.88. The number of hydrogen-bond donors (Lipinski definition) is 0. The van der Waals surface area contributed by atoms with E-state index in [0.29, 0.717) is 0 Å². The molecule has 1 rings (SSSR count). The lowest BCUT2D eigenvalue weighted by molar-refractivity contribution is -0.0594. The molecule has 0 spiro atoms. The van der Waals surface area contributed by atoms with E-state index >= 15 is 0 Å². The zero-order chi connectivity index (χ0) is 10.6. The molecular formula is C10H10F3N. The van der Waals surface area contributed by atoms with Crippen molar-refractivity contribution in [3.8, 4) is 0 Å². The summed E-state index contributed by atoms with van der Waals surface area (Å²) in [7, 11) is 0. The van der Waals surface area contributed by atoms with Crippen LogP contribution in [0.3, 0.4) is 0 Å². The highest BCUT2D eigenvalue weighted by atomic mass is 19.4. The molecule has 4 heteroatoms. The van der Waals surface area contributed by atoms with Gasteiger partial charge in [-0.3, -0.25) is 4.99 Å². The van der Waals surface area contributed by atoms with Gasteiger partial charge >= 0.3 is 6.18 Å². The number of halogens is 3. The fraction of sp³-hybridized carbons (Fsp3) is 0.300. The van der Waals surface area contributed by atoms with Crippen LogP contribution in [-0.2, 0) is 6.54 Å². The third kappa shape index (κ3) is 3.20. The molecule has 1 nitrogen and oxygen atoms in total. The standard InChI is InChI=1S/C10H10F3N/c1-8(10(11,12)13)14-7-9-5-3-2-4-6-9/h2-6H,7H2,1H3/b14-8+. The van der Waals surface area contributed by atoms with Gasteiger partial charge in [0, 0.05) is 0 Å². The summed E-state index contributed by atoms with van der Waals surface area (Å²) in [6.45, 7) is 1.05. The van der Waals surface area contributed by atoms with Gasteiger partial charge in [-0.25, -0.2) is 0 Å². The summed E-state index contributed by atoms with van der Waals surface area (Å²) < 4.78 is 36.1. The van der Waals surface area contributed by atoms with E-state index in [1.165, 1.54) is 0 Å². The van der Waals surface area contributed by atoms with Gasteiger partial charge in [0.1, 0.15) is 5.71 Å². The van der Waals surface area contributed by atoms with Crippen molar-refractivity contribution < 1.29 is 13.2 Å². The predicted molar refractivity (Wildman–Crippen MR) is 49.3 cm³/mol. The van der Waals surface area contributed by atoms with Crippen LogP contribution in [0.1, 0.15) is 12.5 Å². The van der Waals surface area contributed by atoms with E-state index in [1.54, 1.807) is 24.3 Å². The van der Waals surface area contributed by atoms with Crippen LogP contribution in [-0.4, -0.2) is 11.9 Å². The Morgan fingerprint density at radius 1 is 1.21 bits per heavy atom. The van der Waals surface area contributed by atoms with E-state index < -0.39 is 11.9 Å². The molecule has 0 amide bonds. The molecular weight excluding hydrogens is 191 g/mol. The Morgan fingerprint density at radius 2 is 1.79 bits per heavy atom. The lowest BCUT2D eigenvalue weighted by atomic mass is 10.2. The minimum absolute atomic E-state index is 0.0756. The number of alkyl halides is 3. The fourth-order valence-electron chi connectivity index (χ4n) is 0.883. The average Bonchev–Trinajstić information content (AvgIpc) is 2.14. The Balaban J connectivity index is 2.65. The highest BCUT2D eigenvalue weighted by molar-refractivity contribution is 5.87. The van der Waals surface area contributed by atoms with Gasteiger partial charge < -0.3 is 0 Å². The molecule has 0 saturated heterocycles. The van der Waals surface area contributed by atoms with Crippen molar-refractivity contribution >= 4 is 5.71 Å². The van der Waals surface area contributed by atoms with Crippen molar-refractivity contribution in [3.05, 3.63) is 35.9 Å². The molecule has 76 valence electrons. The molecule has 0 heterocycles. The Kier molecular flexibility index (Phi) is 3.28. The molecule has 0 radical (unpaired) electrons. The topological polar surface area (TPSA) is 12.4 Å². The quantitative estimate of drug-likeness (QED) is 0.651. The molecule has 0 fully saturated rings. The van der Waals surface area contributed by atoms with Gasteiger partial charge in [0.15, 0.2) is 0 Å². The van der Waals surface area contributed by atoms with Gasteiger partial charge in [-0.05, 0) is 12.5 Å². The molecule has 0 aliphatic rings. The fourth-order valence-corrected chi connectivity index (χ4v) is 0.883. The Morgan fingerprint density at radius 3 is 2.29 bits per heavy atom. The Labute approximate surface area is 80.3 Å². The first-order valence-electron chi connectivity index (χ1n) is 4.12. The first kappa shape index (κ1) is 10.8. The third-order valence-electron chi connectivity index (χ3n) is 1.75. The van der Waals surface area contributed by atoms with Gasteiger partial charge in [-0.2, -0.15) is 13.2 Å². The zero-order valence-corrected chi connectivity index (χ0v) is 7.67. The molecule has 0 N–H and O–H groups in total. The maximum atomic E-state index is 12.0. The third-order valence-corrected chi connectivity index (χ3v) is 1.75. The molecule has 0 atom stereocenters. The van der Waals surface area contributed by atoms with Crippen LogP contribution >= 0.6 is 0 Å². The summed E-state index contributed by atoms with van der Waals surface area (Å²) in [5, 5.41) is 0. The number of rotatable bonds is 2. The summed E-state index contributed by atoms with van der Waals surface area (Å²) in [5.41, 5.74) is -0.0162. The van der Waals surface area contributed by atoms with Gasteiger partial charge in [-0.15, -0.1) is 0 Å². The summed E-state index contributed by atoms with van der Waals surface area (Å²) in [6.07, 6.45) is -4.31. The van der Waals surface area contributed by atoms with E-state index in [0.717, 1.165) is 12.5 Å². The maximum absolute atomic E-state index is 12.0. The minimum Gasteiger partial charge on any atom is -0.280 e. The van der Waals surface area contributed by atoms with Crippen molar-refractivity contribution in [1.29, 1.82) is 0 Å². The largest absolute Gasteiger partial charge is 0.428 e. The maximum Gasteiger partial charge on any atom is 0.428 e. The number of aliphatic imine (C=N–C) groups is 1. The molecule has 1 aromatic rings. The predicted octanol–water partition coefficient (Wildman–Crippen LogP) is 3.21. The molecule has 0 unspecified atom stereocenters.